The summed E-state index contributed by atoms with van der Waals surface area (Å²) in [6.45, 7) is 9.89. The zero-order valence-electron chi connectivity index (χ0n) is 18.4. The molecule has 0 spiro atoms. The monoisotopic (exact) mass is 425 g/mol. The van der Waals surface area contributed by atoms with Crippen LogP contribution in [-0.2, 0) is 20.9 Å². The van der Waals surface area contributed by atoms with Crippen molar-refractivity contribution < 1.29 is 14.3 Å². The van der Waals surface area contributed by atoms with E-state index in [0.717, 1.165) is 38.9 Å². The molecule has 0 saturated carbocycles. The van der Waals surface area contributed by atoms with Crippen LogP contribution in [0.3, 0.4) is 0 Å². The molecular weight excluding hydrogens is 398 g/mol. The number of pyridine rings is 1. The Hall–Kier alpha value is -2.27. The molecule has 1 aromatic heterocycles. The molecule has 0 radical (unpaired) electrons. The molecule has 0 unspecified atom stereocenters. The Morgan fingerprint density at radius 1 is 1.13 bits per heavy atom. The number of Topliss-reactive ketones (excluding diaryl/α,β-unsaturated/α-hetero) is 1. The SMILES string of the molecule is COCc1ccc2c(-c3ccc(Cl)cc3)c([C@H](OC(C)(C)C)C(C)=O)c(C)cc2n1. The van der Waals surface area contributed by atoms with E-state index in [1.54, 1.807) is 14.0 Å². The number of rotatable bonds is 6. The first-order valence-corrected chi connectivity index (χ1v) is 10.3. The predicted molar refractivity (Wildman–Crippen MR) is 122 cm³/mol. The molecule has 0 amide bonds. The van der Waals surface area contributed by atoms with Crippen molar-refractivity contribution in [1.29, 1.82) is 0 Å². The maximum atomic E-state index is 12.7. The predicted octanol–water partition coefficient (Wildman–Crippen LogP) is 6.46. The molecule has 2 aromatic carbocycles. The number of nitrogens with zero attached hydrogens (tertiary/aromatic N) is 1. The molecule has 0 bridgehead atoms. The number of halogens is 1. The maximum Gasteiger partial charge on any atom is 0.163 e. The fraction of sp³-hybridized carbons (Fsp3) is 0.360. The van der Waals surface area contributed by atoms with Crippen molar-refractivity contribution in [3.8, 4) is 11.1 Å². The van der Waals surface area contributed by atoms with Gasteiger partial charge in [0.15, 0.2) is 5.78 Å². The van der Waals surface area contributed by atoms with E-state index in [1.807, 2.05) is 70.2 Å². The molecule has 158 valence electrons. The Kier molecular flexibility index (Phi) is 6.61. The molecule has 0 N–H and O–H groups in total. The Balaban J connectivity index is 2.36. The van der Waals surface area contributed by atoms with Gasteiger partial charge in [-0.05, 0) is 81.1 Å². The average Bonchev–Trinajstić information content (AvgIpc) is 2.65. The van der Waals surface area contributed by atoms with Crippen molar-refractivity contribution in [2.24, 2.45) is 0 Å². The van der Waals surface area contributed by atoms with Crippen molar-refractivity contribution in [2.75, 3.05) is 7.11 Å². The fourth-order valence-corrected chi connectivity index (χ4v) is 3.78. The van der Waals surface area contributed by atoms with Crippen LogP contribution in [0.1, 0.15) is 50.6 Å². The van der Waals surface area contributed by atoms with Gasteiger partial charge in [0.2, 0.25) is 0 Å². The van der Waals surface area contributed by atoms with Gasteiger partial charge in [-0.3, -0.25) is 9.78 Å². The van der Waals surface area contributed by atoms with E-state index in [2.05, 4.69) is 0 Å². The second-order valence-corrected chi connectivity index (χ2v) is 8.95. The Morgan fingerprint density at radius 2 is 1.80 bits per heavy atom. The summed E-state index contributed by atoms with van der Waals surface area (Å²) in [5, 5.41) is 1.62. The first kappa shape index (κ1) is 22.4. The summed E-state index contributed by atoms with van der Waals surface area (Å²) >= 11 is 6.14. The molecule has 1 atom stereocenters. The molecular formula is C25H28ClNO3. The highest BCUT2D eigenvalue weighted by Crippen LogP contribution is 2.40. The third-order valence-electron chi connectivity index (χ3n) is 4.83. The number of carbonyl (C=O) groups excluding carboxylic acids is 1. The number of fused-ring (bicyclic) bond motifs is 1. The summed E-state index contributed by atoms with van der Waals surface area (Å²) in [5.41, 5.74) is 4.97. The first-order valence-electron chi connectivity index (χ1n) is 9.97. The van der Waals surface area contributed by atoms with E-state index in [9.17, 15) is 4.79 Å². The summed E-state index contributed by atoms with van der Waals surface area (Å²) in [7, 11) is 1.65. The number of ether oxygens (including phenoxy) is 2. The highest BCUT2D eigenvalue weighted by atomic mass is 35.5. The number of ketones is 1. The Morgan fingerprint density at radius 3 is 2.37 bits per heavy atom. The third kappa shape index (κ3) is 4.89. The van der Waals surface area contributed by atoms with Gasteiger partial charge in [0.1, 0.15) is 6.10 Å². The van der Waals surface area contributed by atoms with Crippen LogP contribution < -0.4 is 0 Å². The highest BCUT2D eigenvalue weighted by Gasteiger charge is 2.29. The van der Waals surface area contributed by atoms with Gasteiger partial charge in [-0.1, -0.05) is 29.8 Å². The van der Waals surface area contributed by atoms with Crippen molar-refractivity contribution in [1.82, 2.24) is 4.98 Å². The summed E-state index contributed by atoms with van der Waals surface area (Å²) < 4.78 is 11.5. The molecule has 0 saturated heterocycles. The number of hydrogen-bond donors (Lipinski definition) is 0. The summed E-state index contributed by atoms with van der Waals surface area (Å²) in [5.74, 6) is -0.0356. The van der Waals surface area contributed by atoms with Gasteiger partial charge in [0.25, 0.3) is 0 Å². The quantitative estimate of drug-likeness (QED) is 0.455. The summed E-state index contributed by atoms with van der Waals surface area (Å²) in [4.78, 5) is 17.5. The van der Waals surface area contributed by atoms with E-state index >= 15 is 0 Å². The minimum atomic E-state index is -0.682. The maximum absolute atomic E-state index is 12.7. The Labute approximate surface area is 183 Å². The molecule has 1 heterocycles. The van der Waals surface area contributed by atoms with Crippen LogP contribution >= 0.6 is 11.6 Å². The first-order chi connectivity index (χ1) is 14.1. The van der Waals surface area contributed by atoms with Gasteiger partial charge in [-0.2, -0.15) is 0 Å². The highest BCUT2D eigenvalue weighted by molar-refractivity contribution is 6.30. The van der Waals surface area contributed by atoms with Crippen LogP contribution in [0.15, 0.2) is 42.5 Å². The number of carbonyl (C=O) groups is 1. The zero-order valence-corrected chi connectivity index (χ0v) is 19.1. The lowest BCUT2D eigenvalue weighted by atomic mass is 9.87. The van der Waals surface area contributed by atoms with Crippen LogP contribution in [0.4, 0.5) is 0 Å². The van der Waals surface area contributed by atoms with E-state index in [1.165, 1.54) is 0 Å². The molecule has 30 heavy (non-hydrogen) atoms. The lowest BCUT2D eigenvalue weighted by Gasteiger charge is -2.29. The normalized spacial score (nSPS) is 12.9. The van der Waals surface area contributed by atoms with E-state index < -0.39 is 11.7 Å². The van der Waals surface area contributed by atoms with Crippen molar-refractivity contribution in [2.45, 2.75) is 52.9 Å². The zero-order chi connectivity index (χ0) is 22.1. The second-order valence-electron chi connectivity index (χ2n) is 8.51. The topological polar surface area (TPSA) is 48.4 Å². The van der Waals surface area contributed by atoms with Gasteiger partial charge in [0, 0.05) is 17.5 Å². The fourth-order valence-electron chi connectivity index (χ4n) is 3.66. The lowest BCUT2D eigenvalue weighted by molar-refractivity contribution is -0.138. The molecule has 3 aromatic rings. The number of benzene rings is 2. The van der Waals surface area contributed by atoms with Gasteiger partial charge in [-0.15, -0.1) is 0 Å². The average molecular weight is 426 g/mol. The smallest absolute Gasteiger partial charge is 0.163 e. The Bertz CT molecular complexity index is 1070. The van der Waals surface area contributed by atoms with Gasteiger partial charge in [0.05, 0.1) is 23.4 Å². The van der Waals surface area contributed by atoms with Crippen molar-refractivity contribution >= 4 is 28.3 Å². The van der Waals surface area contributed by atoms with Gasteiger partial charge in [-0.25, -0.2) is 0 Å². The van der Waals surface area contributed by atoms with Crippen molar-refractivity contribution in [3.05, 3.63) is 64.3 Å². The van der Waals surface area contributed by atoms with E-state index in [-0.39, 0.29) is 5.78 Å². The molecule has 4 nitrogen and oxygen atoms in total. The number of methoxy groups -OCH3 is 1. The number of hydrogen-bond acceptors (Lipinski definition) is 4. The molecule has 3 rings (SSSR count). The number of aryl methyl sites for hydroxylation is 1. The van der Waals surface area contributed by atoms with Crippen LogP contribution in [-0.4, -0.2) is 23.5 Å². The third-order valence-corrected chi connectivity index (χ3v) is 5.08. The molecule has 0 fully saturated rings. The van der Waals surface area contributed by atoms with Crippen LogP contribution in [0.25, 0.3) is 22.0 Å². The largest absolute Gasteiger partial charge is 0.378 e. The van der Waals surface area contributed by atoms with Crippen LogP contribution in [0.2, 0.25) is 5.02 Å². The lowest BCUT2D eigenvalue weighted by Crippen LogP contribution is -2.27. The second kappa shape index (κ2) is 8.84. The molecule has 0 aliphatic carbocycles. The van der Waals surface area contributed by atoms with Gasteiger partial charge >= 0.3 is 0 Å². The van der Waals surface area contributed by atoms with E-state index in [0.29, 0.717) is 11.6 Å². The minimum absolute atomic E-state index is 0.0356. The van der Waals surface area contributed by atoms with Gasteiger partial charge < -0.3 is 9.47 Å². The summed E-state index contributed by atoms with van der Waals surface area (Å²) in [6.07, 6.45) is -0.682. The summed E-state index contributed by atoms with van der Waals surface area (Å²) in [6, 6.07) is 13.7. The van der Waals surface area contributed by atoms with Crippen LogP contribution in [0, 0.1) is 6.92 Å². The minimum Gasteiger partial charge on any atom is -0.378 e. The van der Waals surface area contributed by atoms with Crippen molar-refractivity contribution in [3.63, 3.8) is 0 Å². The standard InChI is InChI=1S/C25H28ClNO3/c1-15-13-21-20(12-11-19(27-21)14-29-6)23(17-7-9-18(26)10-8-17)22(15)24(16(2)28)30-25(3,4)5/h7-13,24H,14H2,1-6H3/t24-/m1/s1. The molecule has 0 aliphatic heterocycles. The molecule has 5 heteroatoms. The number of aromatic nitrogens is 1. The van der Waals surface area contributed by atoms with E-state index in [4.69, 9.17) is 26.1 Å². The molecule has 0 aliphatic rings. The van der Waals surface area contributed by atoms with Crippen LogP contribution in [0.5, 0.6) is 0 Å².